The molecule has 0 bridgehead atoms. The number of pyridine rings is 1. The predicted molar refractivity (Wildman–Crippen MR) is 96.0 cm³/mol. The first-order valence-corrected chi connectivity index (χ1v) is 8.15. The summed E-state index contributed by atoms with van der Waals surface area (Å²) in [6, 6.07) is 13.2. The molecule has 3 aromatic rings. The molecule has 27 heavy (non-hydrogen) atoms. The van der Waals surface area contributed by atoms with E-state index in [-0.39, 0.29) is 11.3 Å². The first-order valence-electron chi connectivity index (χ1n) is 7.77. The van der Waals surface area contributed by atoms with Crippen molar-refractivity contribution >= 4 is 23.3 Å². The van der Waals surface area contributed by atoms with Crippen molar-refractivity contribution in [1.29, 1.82) is 5.26 Å². The Morgan fingerprint density at radius 2 is 1.89 bits per heavy atom. The molecule has 0 N–H and O–H groups in total. The zero-order valence-electron chi connectivity index (χ0n) is 14.0. The number of benzene rings is 1. The van der Waals surface area contributed by atoms with Crippen molar-refractivity contribution in [3.8, 4) is 11.8 Å². The zero-order valence-corrected chi connectivity index (χ0v) is 14.8. The number of halogens is 4. The molecule has 0 saturated carbocycles. The van der Waals surface area contributed by atoms with Gasteiger partial charge in [0, 0.05) is 11.8 Å². The smallest absolute Gasteiger partial charge is 0.255 e. The van der Waals surface area contributed by atoms with Crippen molar-refractivity contribution in [2.24, 2.45) is 0 Å². The molecule has 8 heteroatoms. The van der Waals surface area contributed by atoms with Crippen LogP contribution in [0, 0.1) is 18.3 Å². The maximum Gasteiger partial charge on any atom is 0.417 e. The van der Waals surface area contributed by atoms with Crippen LogP contribution in [-0.2, 0) is 6.18 Å². The van der Waals surface area contributed by atoms with Gasteiger partial charge in [-0.05, 0) is 37.3 Å². The van der Waals surface area contributed by atoms with Gasteiger partial charge in [-0.15, -0.1) is 0 Å². The Hall–Kier alpha value is -3.11. The van der Waals surface area contributed by atoms with Crippen molar-refractivity contribution in [3.05, 3.63) is 76.3 Å². The lowest BCUT2D eigenvalue weighted by molar-refractivity contribution is -0.137. The van der Waals surface area contributed by atoms with E-state index in [1.807, 2.05) is 36.4 Å². The molecule has 2 aromatic heterocycles. The van der Waals surface area contributed by atoms with E-state index >= 15 is 0 Å². The quantitative estimate of drug-likeness (QED) is 0.571. The van der Waals surface area contributed by atoms with E-state index in [2.05, 4.69) is 10.1 Å². The molecule has 0 atom stereocenters. The van der Waals surface area contributed by atoms with Gasteiger partial charge in [-0.1, -0.05) is 29.8 Å². The van der Waals surface area contributed by atoms with Gasteiger partial charge in [-0.3, -0.25) is 4.98 Å². The van der Waals surface area contributed by atoms with Gasteiger partial charge in [0.25, 0.3) is 0 Å². The van der Waals surface area contributed by atoms with Gasteiger partial charge in [0.2, 0.25) is 0 Å². The van der Waals surface area contributed by atoms with Gasteiger partial charge in [0.15, 0.2) is 0 Å². The van der Waals surface area contributed by atoms with Crippen LogP contribution in [0.1, 0.15) is 22.5 Å². The van der Waals surface area contributed by atoms with Gasteiger partial charge in [0.1, 0.15) is 11.2 Å². The van der Waals surface area contributed by atoms with Gasteiger partial charge >= 0.3 is 6.18 Å². The number of allylic oxidation sites excluding steroid dienone is 1. The van der Waals surface area contributed by atoms with Crippen molar-refractivity contribution in [2.45, 2.75) is 13.1 Å². The molecular weight excluding hydrogens is 377 g/mol. The summed E-state index contributed by atoms with van der Waals surface area (Å²) < 4.78 is 39.5. The summed E-state index contributed by atoms with van der Waals surface area (Å²) in [5.74, 6) is 0. The standard InChI is InChI=1S/C19H12ClF3N4/c1-12-16(18(20)27(26-12)15-5-3-2-4-6-15)9-13(10-24)17-8-7-14(11-25-17)19(21,22)23/h2-9,11H,1H3/b13-9-. The minimum atomic E-state index is -4.49. The molecular formula is C19H12ClF3N4. The minimum absolute atomic E-state index is 0.0846. The zero-order chi connectivity index (χ0) is 19.6. The number of aromatic nitrogens is 3. The topological polar surface area (TPSA) is 54.5 Å². The van der Waals surface area contributed by atoms with Crippen LogP contribution in [0.15, 0.2) is 48.7 Å². The van der Waals surface area contributed by atoms with Crippen molar-refractivity contribution in [1.82, 2.24) is 14.8 Å². The van der Waals surface area contributed by atoms with Crippen LogP contribution in [0.5, 0.6) is 0 Å². The number of nitriles is 1. The molecule has 4 nitrogen and oxygen atoms in total. The van der Waals surface area contributed by atoms with Crippen LogP contribution in [-0.4, -0.2) is 14.8 Å². The fraction of sp³-hybridized carbons (Fsp3) is 0.105. The predicted octanol–water partition coefficient (Wildman–Crippen LogP) is 5.31. The van der Waals surface area contributed by atoms with Crippen molar-refractivity contribution in [3.63, 3.8) is 0 Å². The highest BCUT2D eigenvalue weighted by Gasteiger charge is 2.30. The fourth-order valence-electron chi connectivity index (χ4n) is 2.44. The molecule has 0 saturated heterocycles. The van der Waals surface area contributed by atoms with E-state index in [9.17, 15) is 18.4 Å². The van der Waals surface area contributed by atoms with E-state index in [1.165, 1.54) is 10.8 Å². The second-order valence-corrected chi connectivity index (χ2v) is 5.99. The number of alkyl halides is 3. The van der Waals surface area contributed by atoms with Crippen LogP contribution >= 0.6 is 11.6 Å². The van der Waals surface area contributed by atoms with Crippen LogP contribution in [0.3, 0.4) is 0 Å². The lowest BCUT2D eigenvalue weighted by Gasteiger charge is -2.06. The molecule has 136 valence electrons. The first kappa shape index (κ1) is 18.7. The normalized spacial score (nSPS) is 12.1. The van der Waals surface area contributed by atoms with E-state index in [0.29, 0.717) is 22.6 Å². The fourth-order valence-corrected chi connectivity index (χ4v) is 2.77. The molecule has 0 aliphatic carbocycles. The van der Waals surface area contributed by atoms with Crippen molar-refractivity contribution in [2.75, 3.05) is 0 Å². The largest absolute Gasteiger partial charge is 0.417 e. The molecule has 1 aromatic carbocycles. The average molecular weight is 389 g/mol. The second kappa shape index (κ2) is 7.25. The van der Waals surface area contributed by atoms with E-state index in [4.69, 9.17) is 11.6 Å². The molecule has 0 radical (unpaired) electrons. The Balaban J connectivity index is 2.02. The SMILES string of the molecule is Cc1nn(-c2ccccc2)c(Cl)c1/C=C(/C#N)c1ccc(C(F)(F)F)cn1. The summed E-state index contributed by atoms with van der Waals surface area (Å²) in [6.07, 6.45) is -2.32. The van der Waals surface area contributed by atoms with Gasteiger partial charge < -0.3 is 0 Å². The molecule has 0 spiro atoms. The molecule has 0 fully saturated rings. The van der Waals surface area contributed by atoms with Crippen molar-refractivity contribution < 1.29 is 13.2 Å². The highest BCUT2D eigenvalue weighted by Crippen LogP contribution is 2.30. The Morgan fingerprint density at radius 3 is 2.44 bits per heavy atom. The number of rotatable bonds is 3. The summed E-state index contributed by atoms with van der Waals surface area (Å²) in [5, 5.41) is 14.1. The highest BCUT2D eigenvalue weighted by atomic mass is 35.5. The lowest BCUT2D eigenvalue weighted by atomic mass is 10.1. The molecule has 0 aliphatic rings. The van der Waals surface area contributed by atoms with Crippen LogP contribution in [0.4, 0.5) is 13.2 Å². The number of para-hydroxylation sites is 1. The van der Waals surface area contributed by atoms with Gasteiger partial charge in [0.05, 0.1) is 28.2 Å². The van der Waals surface area contributed by atoms with Gasteiger partial charge in [-0.2, -0.15) is 23.5 Å². The number of hydrogen-bond acceptors (Lipinski definition) is 3. The van der Waals surface area contributed by atoms with E-state index < -0.39 is 11.7 Å². The molecule has 3 rings (SSSR count). The van der Waals surface area contributed by atoms with Crippen LogP contribution < -0.4 is 0 Å². The molecule has 0 amide bonds. The third-order valence-corrected chi connectivity index (χ3v) is 4.19. The molecule has 2 heterocycles. The third kappa shape index (κ3) is 3.86. The Labute approximate surface area is 158 Å². The summed E-state index contributed by atoms with van der Waals surface area (Å²) in [7, 11) is 0. The lowest BCUT2D eigenvalue weighted by Crippen LogP contribution is -2.05. The molecule has 0 aliphatic heterocycles. The summed E-state index contributed by atoms with van der Waals surface area (Å²) in [6.45, 7) is 1.73. The highest BCUT2D eigenvalue weighted by molar-refractivity contribution is 6.31. The van der Waals surface area contributed by atoms with E-state index in [0.717, 1.165) is 17.8 Å². The van der Waals surface area contributed by atoms with Crippen LogP contribution in [0.25, 0.3) is 17.3 Å². The van der Waals surface area contributed by atoms with Crippen LogP contribution in [0.2, 0.25) is 5.15 Å². The summed E-state index contributed by atoms with van der Waals surface area (Å²) in [4.78, 5) is 3.76. The maximum atomic E-state index is 12.7. The average Bonchev–Trinajstić information content (AvgIpc) is 2.94. The summed E-state index contributed by atoms with van der Waals surface area (Å²) >= 11 is 6.42. The van der Waals surface area contributed by atoms with Gasteiger partial charge in [-0.25, -0.2) is 4.68 Å². The number of aryl methyl sites for hydroxylation is 1. The van der Waals surface area contributed by atoms with E-state index in [1.54, 1.807) is 6.92 Å². The monoisotopic (exact) mass is 388 g/mol. The molecule has 0 unspecified atom stereocenters. The Bertz CT molecular complexity index is 1030. The second-order valence-electron chi connectivity index (χ2n) is 5.64. The minimum Gasteiger partial charge on any atom is -0.255 e. The Kier molecular flexibility index (Phi) is 5.02. The summed E-state index contributed by atoms with van der Waals surface area (Å²) in [5.41, 5.74) is 1.14. The number of hydrogen-bond donors (Lipinski definition) is 0. The maximum absolute atomic E-state index is 12.7. The number of nitrogens with zero attached hydrogens (tertiary/aromatic N) is 4. The third-order valence-electron chi connectivity index (χ3n) is 3.82. The Morgan fingerprint density at radius 1 is 1.19 bits per heavy atom. The first-order chi connectivity index (χ1) is 12.8.